The zero-order chi connectivity index (χ0) is 23.3. The number of aliphatic hydroxyl groups is 1. The lowest BCUT2D eigenvalue weighted by Crippen LogP contribution is -2.29. The van der Waals surface area contributed by atoms with E-state index in [1.54, 1.807) is 36.4 Å². The lowest BCUT2D eigenvalue weighted by atomic mass is 9.95. The van der Waals surface area contributed by atoms with Gasteiger partial charge in [-0.25, -0.2) is 4.98 Å². The van der Waals surface area contributed by atoms with Gasteiger partial charge in [0, 0.05) is 10.6 Å². The molecule has 164 valence electrons. The van der Waals surface area contributed by atoms with Crippen LogP contribution < -0.4 is 4.90 Å². The van der Waals surface area contributed by atoms with Gasteiger partial charge in [0.05, 0.1) is 21.8 Å². The minimum atomic E-state index is -0.855. The molecule has 1 aliphatic heterocycles. The highest BCUT2D eigenvalue weighted by Crippen LogP contribution is 2.44. The molecule has 0 saturated carbocycles. The van der Waals surface area contributed by atoms with E-state index in [9.17, 15) is 14.7 Å². The van der Waals surface area contributed by atoms with Crippen molar-refractivity contribution in [3.05, 3.63) is 99.6 Å². The SMILES string of the molecule is Cc1ccc(/C(O)=C2\C(=O)C(=O)N(c3nc4ccc(C)cc4s3)C2c2cccc(Cl)c2)cc1. The Labute approximate surface area is 199 Å². The Bertz CT molecular complexity index is 1460. The molecule has 1 saturated heterocycles. The number of carbonyl (C=O) groups excluding carboxylic acids is 2. The number of hydrogen-bond donors (Lipinski definition) is 1. The first-order valence-corrected chi connectivity index (χ1v) is 11.5. The van der Waals surface area contributed by atoms with Crippen LogP contribution in [0.2, 0.25) is 5.02 Å². The van der Waals surface area contributed by atoms with E-state index in [-0.39, 0.29) is 11.3 Å². The average Bonchev–Trinajstić information content (AvgIpc) is 3.32. The van der Waals surface area contributed by atoms with Crippen LogP contribution in [0.3, 0.4) is 0 Å². The number of amides is 1. The highest BCUT2D eigenvalue weighted by Gasteiger charge is 2.48. The normalized spacial score (nSPS) is 17.8. The van der Waals surface area contributed by atoms with Crippen molar-refractivity contribution in [2.75, 3.05) is 4.90 Å². The number of Topliss-reactive ketones (excluding diaryl/α,β-unsaturated/α-hetero) is 1. The third-order valence-electron chi connectivity index (χ3n) is 5.67. The number of hydrogen-bond acceptors (Lipinski definition) is 5. The van der Waals surface area contributed by atoms with Gasteiger partial charge in [0.15, 0.2) is 5.13 Å². The Balaban J connectivity index is 1.74. The number of benzene rings is 3. The van der Waals surface area contributed by atoms with Gasteiger partial charge in [-0.1, -0.05) is 71.0 Å². The monoisotopic (exact) mass is 474 g/mol. The fraction of sp³-hybridized carbons (Fsp3) is 0.115. The van der Waals surface area contributed by atoms with Gasteiger partial charge in [0.25, 0.3) is 5.78 Å². The number of nitrogens with zero attached hydrogens (tertiary/aromatic N) is 2. The van der Waals surface area contributed by atoms with Crippen LogP contribution in [0.25, 0.3) is 16.0 Å². The van der Waals surface area contributed by atoms with Crippen molar-refractivity contribution < 1.29 is 14.7 Å². The molecule has 5 rings (SSSR count). The van der Waals surface area contributed by atoms with Crippen LogP contribution in [0, 0.1) is 13.8 Å². The smallest absolute Gasteiger partial charge is 0.301 e. The molecule has 0 spiro atoms. The number of rotatable bonds is 3. The molecule has 1 N–H and O–H groups in total. The third kappa shape index (κ3) is 3.71. The molecule has 1 aromatic heterocycles. The zero-order valence-electron chi connectivity index (χ0n) is 17.9. The minimum Gasteiger partial charge on any atom is -0.507 e. The van der Waals surface area contributed by atoms with Crippen LogP contribution in [0.5, 0.6) is 0 Å². The summed E-state index contributed by atoms with van der Waals surface area (Å²) in [5, 5.41) is 12.0. The van der Waals surface area contributed by atoms with Gasteiger partial charge >= 0.3 is 5.91 Å². The van der Waals surface area contributed by atoms with Crippen LogP contribution in [0.1, 0.15) is 28.3 Å². The molecule has 1 atom stereocenters. The second-order valence-electron chi connectivity index (χ2n) is 8.06. The van der Waals surface area contributed by atoms with E-state index in [1.807, 2.05) is 44.2 Å². The number of aliphatic hydroxyl groups excluding tert-OH is 1. The van der Waals surface area contributed by atoms with Crippen LogP contribution in [-0.4, -0.2) is 21.8 Å². The lowest BCUT2D eigenvalue weighted by molar-refractivity contribution is -0.132. The summed E-state index contributed by atoms with van der Waals surface area (Å²) in [4.78, 5) is 32.5. The van der Waals surface area contributed by atoms with Gasteiger partial charge in [-0.3, -0.25) is 14.5 Å². The van der Waals surface area contributed by atoms with E-state index >= 15 is 0 Å². The molecule has 3 aromatic carbocycles. The highest BCUT2D eigenvalue weighted by atomic mass is 35.5. The molecular formula is C26H19ClN2O3S. The summed E-state index contributed by atoms with van der Waals surface area (Å²) in [7, 11) is 0. The standard InChI is InChI=1S/C26H19ClN2O3S/c1-14-6-9-16(10-7-14)23(30)21-22(17-4-3-5-18(27)13-17)29(25(32)24(21)31)26-28-19-11-8-15(2)12-20(19)33-26/h3-13,22,30H,1-2H3/b23-21+. The van der Waals surface area contributed by atoms with Crippen LogP contribution >= 0.6 is 22.9 Å². The van der Waals surface area contributed by atoms with E-state index < -0.39 is 17.7 Å². The number of anilines is 1. The fourth-order valence-electron chi connectivity index (χ4n) is 4.01. The van der Waals surface area contributed by atoms with Crippen molar-refractivity contribution in [3.63, 3.8) is 0 Å². The molecule has 4 aromatic rings. The number of aryl methyl sites for hydroxylation is 2. The highest BCUT2D eigenvalue weighted by molar-refractivity contribution is 7.22. The molecule has 5 nitrogen and oxygen atoms in total. The number of aromatic nitrogens is 1. The van der Waals surface area contributed by atoms with Crippen molar-refractivity contribution in [1.82, 2.24) is 4.98 Å². The molecule has 2 heterocycles. The summed E-state index contributed by atoms with van der Waals surface area (Å²) < 4.78 is 0.912. The Morgan fingerprint density at radius 3 is 2.45 bits per heavy atom. The summed E-state index contributed by atoms with van der Waals surface area (Å²) in [6.45, 7) is 3.92. The molecule has 1 unspecified atom stereocenters. The number of thiazole rings is 1. The second-order valence-corrected chi connectivity index (χ2v) is 9.50. The molecule has 1 fully saturated rings. The molecule has 0 bridgehead atoms. The first kappa shape index (κ1) is 21.4. The molecule has 0 radical (unpaired) electrons. The maximum absolute atomic E-state index is 13.3. The molecule has 1 amide bonds. The number of halogens is 1. The number of carbonyl (C=O) groups is 2. The van der Waals surface area contributed by atoms with E-state index in [2.05, 4.69) is 4.98 Å². The molecule has 0 aliphatic carbocycles. The van der Waals surface area contributed by atoms with Crippen molar-refractivity contribution >= 4 is 55.7 Å². The zero-order valence-corrected chi connectivity index (χ0v) is 19.4. The van der Waals surface area contributed by atoms with E-state index in [0.717, 1.165) is 21.3 Å². The van der Waals surface area contributed by atoms with Crippen LogP contribution in [0.4, 0.5) is 5.13 Å². The summed E-state index contributed by atoms with van der Waals surface area (Å²) in [6, 6.07) is 19.1. The Kier molecular flexibility index (Phi) is 5.27. The average molecular weight is 475 g/mol. The first-order chi connectivity index (χ1) is 15.8. The van der Waals surface area contributed by atoms with Crippen molar-refractivity contribution in [3.8, 4) is 0 Å². The van der Waals surface area contributed by atoms with Gasteiger partial charge in [-0.15, -0.1) is 0 Å². The molecule has 1 aliphatic rings. The Morgan fingerprint density at radius 2 is 1.73 bits per heavy atom. The Morgan fingerprint density at radius 1 is 1.00 bits per heavy atom. The maximum atomic E-state index is 13.3. The van der Waals surface area contributed by atoms with E-state index in [4.69, 9.17) is 11.6 Å². The van der Waals surface area contributed by atoms with Gasteiger partial charge in [0.1, 0.15) is 5.76 Å². The van der Waals surface area contributed by atoms with Gasteiger partial charge in [-0.05, 0) is 49.2 Å². The van der Waals surface area contributed by atoms with Crippen molar-refractivity contribution in [2.24, 2.45) is 0 Å². The van der Waals surface area contributed by atoms with Crippen molar-refractivity contribution in [1.29, 1.82) is 0 Å². The van der Waals surface area contributed by atoms with Crippen LogP contribution in [-0.2, 0) is 9.59 Å². The summed E-state index contributed by atoms with van der Waals surface area (Å²) in [5.41, 5.74) is 3.93. The quantitative estimate of drug-likeness (QED) is 0.218. The van der Waals surface area contributed by atoms with Gasteiger partial charge in [0.2, 0.25) is 0 Å². The predicted molar refractivity (Wildman–Crippen MR) is 132 cm³/mol. The molecular weight excluding hydrogens is 456 g/mol. The summed E-state index contributed by atoms with van der Waals surface area (Å²) in [5.74, 6) is -1.71. The minimum absolute atomic E-state index is 0.0153. The third-order valence-corrected chi connectivity index (χ3v) is 6.93. The van der Waals surface area contributed by atoms with Crippen LogP contribution in [0.15, 0.2) is 72.3 Å². The lowest BCUT2D eigenvalue weighted by Gasteiger charge is -2.23. The van der Waals surface area contributed by atoms with E-state index in [0.29, 0.717) is 21.3 Å². The maximum Gasteiger partial charge on any atom is 0.301 e. The molecule has 7 heteroatoms. The second kappa shape index (κ2) is 8.14. The fourth-order valence-corrected chi connectivity index (χ4v) is 5.30. The first-order valence-electron chi connectivity index (χ1n) is 10.3. The number of ketones is 1. The topological polar surface area (TPSA) is 70.5 Å². The summed E-state index contributed by atoms with van der Waals surface area (Å²) >= 11 is 7.59. The molecule has 33 heavy (non-hydrogen) atoms. The van der Waals surface area contributed by atoms with Gasteiger partial charge < -0.3 is 5.11 Å². The van der Waals surface area contributed by atoms with Crippen molar-refractivity contribution in [2.45, 2.75) is 19.9 Å². The largest absolute Gasteiger partial charge is 0.507 e. The number of fused-ring (bicyclic) bond motifs is 1. The summed E-state index contributed by atoms with van der Waals surface area (Å²) in [6.07, 6.45) is 0. The van der Waals surface area contributed by atoms with Gasteiger partial charge in [-0.2, -0.15) is 0 Å². The Hall–Kier alpha value is -3.48. The predicted octanol–water partition coefficient (Wildman–Crippen LogP) is 6.19. The van der Waals surface area contributed by atoms with E-state index in [1.165, 1.54) is 16.2 Å².